The Labute approximate surface area is 108 Å². The van der Waals surface area contributed by atoms with Crippen molar-refractivity contribution in [1.82, 2.24) is 0 Å². The summed E-state index contributed by atoms with van der Waals surface area (Å²) in [5, 5.41) is 8.98. The van der Waals surface area contributed by atoms with Gasteiger partial charge in [-0.15, -0.1) is 0 Å². The lowest BCUT2D eigenvalue weighted by Crippen LogP contribution is -2.15. The summed E-state index contributed by atoms with van der Waals surface area (Å²) in [7, 11) is 1.55. The van der Waals surface area contributed by atoms with Crippen molar-refractivity contribution < 1.29 is 14.2 Å². The Morgan fingerprint density at radius 2 is 2.17 bits per heavy atom. The van der Waals surface area contributed by atoms with Crippen LogP contribution in [0.2, 0.25) is 0 Å². The van der Waals surface area contributed by atoms with Gasteiger partial charge in [0.25, 0.3) is 0 Å². The van der Waals surface area contributed by atoms with E-state index in [0.717, 1.165) is 5.56 Å². The van der Waals surface area contributed by atoms with Crippen LogP contribution in [0.1, 0.15) is 25.0 Å². The van der Waals surface area contributed by atoms with Crippen molar-refractivity contribution in [2.24, 2.45) is 0 Å². The first kappa shape index (κ1) is 14.5. The maximum absolute atomic E-state index is 8.98. The molecule has 0 heterocycles. The molecule has 0 bridgehead atoms. The quantitative estimate of drug-likeness (QED) is 0.745. The number of nitrogens with zero attached hydrogens (tertiary/aromatic N) is 1. The zero-order chi connectivity index (χ0) is 13.4. The van der Waals surface area contributed by atoms with Gasteiger partial charge >= 0.3 is 0 Å². The van der Waals surface area contributed by atoms with Crippen LogP contribution < -0.4 is 4.74 Å². The van der Waals surface area contributed by atoms with Crippen LogP contribution >= 0.6 is 0 Å². The predicted octanol–water partition coefficient (Wildman–Crippen LogP) is 2.51. The van der Waals surface area contributed by atoms with E-state index in [1.54, 1.807) is 19.2 Å². The molecular weight excluding hydrogens is 230 g/mol. The molecule has 0 aliphatic carbocycles. The lowest BCUT2D eigenvalue weighted by Gasteiger charge is -2.13. The third-order valence-electron chi connectivity index (χ3n) is 2.48. The van der Waals surface area contributed by atoms with Gasteiger partial charge in [0.1, 0.15) is 11.8 Å². The lowest BCUT2D eigenvalue weighted by molar-refractivity contribution is -0.0116. The van der Waals surface area contributed by atoms with Crippen molar-refractivity contribution in [2.75, 3.05) is 20.3 Å². The molecule has 4 nitrogen and oxygen atoms in total. The lowest BCUT2D eigenvalue weighted by atomic mass is 10.1. The Bertz CT molecular complexity index is 412. The first-order valence-electron chi connectivity index (χ1n) is 5.97. The molecule has 0 saturated heterocycles. The van der Waals surface area contributed by atoms with Crippen molar-refractivity contribution in [2.45, 2.75) is 26.6 Å². The Morgan fingerprint density at radius 1 is 1.39 bits per heavy atom. The van der Waals surface area contributed by atoms with Gasteiger partial charge in [0.2, 0.25) is 0 Å². The minimum Gasteiger partial charge on any atom is -0.495 e. The molecule has 1 aromatic carbocycles. The minimum atomic E-state index is 0.0394. The Morgan fingerprint density at radius 3 is 2.78 bits per heavy atom. The van der Waals surface area contributed by atoms with E-state index >= 15 is 0 Å². The summed E-state index contributed by atoms with van der Waals surface area (Å²) in [5.41, 5.74) is 1.48. The number of hydrogen-bond donors (Lipinski definition) is 0. The number of hydrogen-bond acceptors (Lipinski definition) is 4. The largest absolute Gasteiger partial charge is 0.495 e. The van der Waals surface area contributed by atoms with Crippen LogP contribution in [-0.2, 0) is 16.1 Å². The molecule has 0 N–H and O–H groups in total. The zero-order valence-corrected chi connectivity index (χ0v) is 11.1. The summed E-state index contributed by atoms with van der Waals surface area (Å²) < 4.78 is 16.0. The topological polar surface area (TPSA) is 51.5 Å². The van der Waals surface area contributed by atoms with Gasteiger partial charge in [-0.3, -0.25) is 0 Å². The van der Waals surface area contributed by atoms with Crippen molar-refractivity contribution in [3.8, 4) is 11.8 Å². The summed E-state index contributed by atoms with van der Waals surface area (Å²) in [4.78, 5) is 0. The van der Waals surface area contributed by atoms with Crippen LogP contribution in [0, 0.1) is 11.3 Å². The summed E-state index contributed by atoms with van der Waals surface area (Å²) in [6.07, 6.45) is 0.0394. The number of rotatable bonds is 7. The van der Waals surface area contributed by atoms with Crippen molar-refractivity contribution >= 4 is 0 Å². The van der Waals surface area contributed by atoms with Gasteiger partial charge in [0.05, 0.1) is 32.0 Å². The number of ether oxygens (including phenoxy) is 3. The predicted molar refractivity (Wildman–Crippen MR) is 68.5 cm³/mol. The minimum absolute atomic E-state index is 0.0394. The second-order valence-electron chi connectivity index (χ2n) is 3.93. The van der Waals surface area contributed by atoms with E-state index in [9.17, 15) is 0 Å². The van der Waals surface area contributed by atoms with Gasteiger partial charge in [-0.25, -0.2) is 0 Å². The molecule has 0 saturated carbocycles. The Balaban J connectivity index is 2.55. The number of methoxy groups -OCH3 is 1. The van der Waals surface area contributed by atoms with Gasteiger partial charge in [-0.05, 0) is 31.5 Å². The second kappa shape index (κ2) is 7.70. The molecule has 0 aliphatic rings. The van der Waals surface area contributed by atoms with Crippen molar-refractivity contribution in [3.63, 3.8) is 0 Å². The first-order valence-corrected chi connectivity index (χ1v) is 5.97. The SMILES string of the molecule is CCOCC(C)OCc1ccc(OC)c(C#N)c1. The molecule has 18 heavy (non-hydrogen) atoms. The maximum Gasteiger partial charge on any atom is 0.136 e. The van der Waals surface area contributed by atoms with Crippen LogP contribution in [-0.4, -0.2) is 26.4 Å². The summed E-state index contributed by atoms with van der Waals surface area (Å²) in [6, 6.07) is 7.57. The normalized spacial score (nSPS) is 11.9. The second-order valence-corrected chi connectivity index (χ2v) is 3.93. The van der Waals surface area contributed by atoms with Gasteiger partial charge in [-0.2, -0.15) is 5.26 Å². The molecule has 0 radical (unpaired) electrons. The van der Waals surface area contributed by atoms with E-state index in [2.05, 4.69) is 6.07 Å². The number of nitriles is 1. The van der Waals surface area contributed by atoms with Gasteiger partial charge in [0, 0.05) is 6.61 Å². The highest BCUT2D eigenvalue weighted by atomic mass is 16.5. The fourth-order valence-corrected chi connectivity index (χ4v) is 1.50. The van der Waals surface area contributed by atoms with E-state index in [-0.39, 0.29) is 6.10 Å². The molecule has 98 valence electrons. The van der Waals surface area contributed by atoms with E-state index in [1.165, 1.54) is 0 Å². The van der Waals surface area contributed by atoms with Crippen LogP contribution in [0.25, 0.3) is 0 Å². The maximum atomic E-state index is 8.98. The third kappa shape index (κ3) is 4.36. The molecule has 1 unspecified atom stereocenters. The molecule has 0 fully saturated rings. The van der Waals surface area contributed by atoms with Crippen LogP contribution in [0.4, 0.5) is 0 Å². The highest BCUT2D eigenvalue weighted by molar-refractivity contribution is 5.45. The molecule has 1 atom stereocenters. The Kier molecular flexibility index (Phi) is 6.20. The van der Waals surface area contributed by atoms with Crippen molar-refractivity contribution in [3.05, 3.63) is 29.3 Å². The molecule has 1 aromatic rings. The summed E-state index contributed by atoms with van der Waals surface area (Å²) in [5.74, 6) is 0.587. The van der Waals surface area contributed by atoms with Crippen LogP contribution in [0.15, 0.2) is 18.2 Å². The average Bonchev–Trinajstić information content (AvgIpc) is 2.42. The molecule has 1 rings (SSSR count). The van der Waals surface area contributed by atoms with Gasteiger partial charge in [-0.1, -0.05) is 6.07 Å². The summed E-state index contributed by atoms with van der Waals surface area (Å²) in [6.45, 7) is 5.65. The fraction of sp³-hybridized carbons (Fsp3) is 0.500. The first-order chi connectivity index (χ1) is 8.71. The molecule has 0 aromatic heterocycles. The molecule has 0 amide bonds. The highest BCUT2D eigenvalue weighted by Crippen LogP contribution is 2.19. The molecule has 0 spiro atoms. The van der Waals surface area contributed by atoms with Gasteiger partial charge in [0.15, 0.2) is 0 Å². The molecule has 4 heteroatoms. The van der Waals surface area contributed by atoms with Crippen molar-refractivity contribution in [1.29, 1.82) is 5.26 Å². The standard InChI is InChI=1S/C14H19NO3/c1-4-17-9-11(2)18-10-12-5-6-14(16-3)13(7-12)8-15/h5-7,11H,4,9-10H2,1-3H3. The fourth-order valence-electron chi connectivity index (χ4n) is 1.50. The van der Waals surface area contributed by atoms with Gasteiger partial charge < -0.3 is 14.2 Å². The highest BCUT2D eigenvalue weighted by Gasteiger charge is 2.06. The smallest absolute Gasteiger partial charge is 0.136 e. The number of benzene rings is 1. The van der Waals surface area contributed by atoms with E-state index in [0.29, 0.717) is 31.1 Å². The van der Waals surface area contributed by atoms with E-state index < -0.39 is 0 Å². The monoisotopic (exact) mass is 249 g/mol. The molecule has 0 aliphatic heterocycles. The van der Waals surface area contributed by atoms with E-state index in [1.807, 2.05) is 19.9 Å². The average molecular weight is 249 g/mol. The van der Waals surface area contributed by atoms with Crippen LogP contribution in [0.5, 0.6) is 5.75 Å². The van der Waals surface area contributed by atoms with E-state index in [4.69, 9.17) is 19.5 Å². The van der Waals surface area contributed by atoms with Crippen LogP contribution in [0.3, 0.4) is 0 Å². The molecular formula is C14H19NO3. The zero-order valence-electron chi connectivity index (χ0n) is 11.1. The third-order valence-corrected chi connectivity index (χ3v) is 2.48. The Hall–Kier alpha value is -1.57. The summed E-state index contributed by atoms with van der Waals surface area (Å²) >= 11 is 0.